The van der Waals surface area contributed by atoms with Crippen molar-refractivity contribution in [3.05, 3.63) is 23.8 Å². The van der Waals surface area contributed by atoms with Crippen molar-refractivity contribution in [2.75, 3.05) is 31.1 Å². The number of amides is 1. The average molecular weight is 344 g/mol. The summed E-state index contributed by atoms with van der Waals surface area (Å²) in [6.45, 7) is 3.69. The number of hydrogen-bond donors (Lipinski definition) is 0. The van der Waals surface area contributed by atoms with Gasteiger partial charge in [-0.05, 0) is 31.0 Å². The number of hydrogen-bond acceptors (Lipinski definition) is 5. The molecule has 0 unspecified atom stereocenters. The van der Waals surface area contributed by atoms with Crippen molar-refractivity contribution in [1.29, 1.82) is 0 Å². The van der Waals surface area contributed by atoms with Gasteiger partial charge in [-0.25, -0.2) is 4.79 Å². The van der Waals surface area contributed by atoms with Crippen LogP contribution < -0.4 is 9.64 Å². The lowest BCUT2D eigenvalue weighted by Crippen LogP contribution is -2.54. The number of ether oxygens (including phenoxy) is 3. The van der Waals surface area contributed by atoms with E-state index in [1.807, 2.05) is 18.2 Å². The second-order valence-electron chi connectivity index (χ2n) is 7.48. The van der Waals surface area contributed by atoms with Crippen LogP contribution in [0.4, 0.5) is 10.5 Å². The molecule has 1 aromatic rings. The van der Waals surface area contributed by atoms with Crippen molar-refractivity contribution in [3.8, 4) is 5.75 Å². The lowest BCUT2D eigenvalue weighted by Gasteiger charge is -2.47. The predicted molar refractivity (Wildman–Crippen MR) is 91.7 cm³/mol. The maximum absolute atomic E-state index is 11.7. The van der Waals surface area contributed by atoms with E-state index in [2.05, 4.69) is 4.90 Å². The molecule has 3 fully saturated rings. The molecule has 25 heavy (non-hydrogen) atoms. The number of carbonyl (C=O) groups is 1. The van der Waals surface area contributed by atoms with Gasteiger partial charge >= 0.3 is 6.09 Å². The Kier molecular flexibility index (Phi) is 3.64. The van der Waals surface area contributed by atoms with Gasteiger partial charge in [0.1, 0.15) is 12.4 Å². The fraction of sp³-hybridized carbons (Fsp3) is 0.632. The normalized spacial score (nSPS) is 26.1. The minimum Gasteiger partial charge on any atom is -0.462 e. The van der Waals surface area contributed by atoms with Gasteiger partial charge in [0.15, 0.2) is 0 Å². The molecule has 6 nitrogen and oxygen atoms in total. The van der Waals surface area contributed by atoms with E-state index in [0.29, 0.717) is 19.8 Å². The number of nitrogens with zero attached hydrogens (tertiary/aromatic N) is 2. The van der Waals surface area contributed by atoms with Crippen molar-refractivity contribution in [1.82, 2.24) is 4.90 Å². The van der Waals surface area contributed by atoms with E-state index >= 15 is 0 Å². The molecule has 4 aliphatic rings. The van der Waals surface area contributed by atoms with Crippen LogP contribution in [0.5, 0.6) is 5.75 Å². The number of fused-ring (bicyclic) bond motifs is 1. The molecule has 1 saturated carbocycles. The van der Waals surface area contributed by atoms with Gasteiger partial charge in [0.2, 0.25) is 5.79 Å². The maximum Gasteiger partial charge on any atom is 0.414 e. The van der Waals surface area contributed by atoms with Crippen LogP contribution >= 0.6 is 0 Å². The van der Waals surface area contributed by atoms with Gasteiger partial charge in [-0.15, -0.1) is 0 Å². The Morgan fingerprint density at radius 3 is 2.64 bits per heavy atom. The molecule has 0 atom stereocenters. The van der Waals surface area contributed by atoms with E-state index in [4.69, 9.17) is 14.2 Å². The third-order valence-electron chi connectivity index (χ3n) is 6.05. The molecule has 134 valence electrons. The molecule has 0 radical (unpaired) electrons. The summed E-state index contributed by atoms with van der Waals surface area (Å²) in [4.78, 5) is 16.0. The Labute approximate surface area is 147 Å². The number of anilines is 1. The standard InChI is InChI=1S/C19H24N2O4/c22-18-21(10-11-23-18)16-4-5-17-14(12-16)13-24-19(25-17)6-8-20(9-7-19)15-2-1-3-15/h4-5,12,15H,1-3,6-11,13H2. The first-order chi connectivity index (χ1) is 12.2. The van der Waals surface area contributed by atoms with Crippen molar-refractivity contribution >= 4 is 11.8 Å². The lowest BCUT2D eigenvalue weighted by atomic mass is 9.89. The zero-order chi connectivity index (χ0) is 16.9. The minimum absolute atomic E-state index is 0.280. The Balaban J connectivity index is 1.29. The summed E-state index contributed by atoms with van der Waals surface area (Å²) in [5.74, 6) is 0.418. The zero-order valence-electron chi connectivity index (χ0n) is 14.4. The summed E-state index contributed by atoms with van der Waals surface area (Å²) in [5, 5.41) is 0. The van der Waals surface area contributed by atoms with Crippen molar-refractivity contribution in [2.24, 2.45) is 0 Å². The average Bonchev–Trinajstić information content (AvgIpc) is 3.01. The summed E-state index contributed by atoms with van der Waals surface area (Å²) in [6, 6.07) is 6.68. The van der Waals surface area contributed by atoms with E-state index in [1.165, 1.54) is 19.3 Å². The van der Waals surface area contributed by atoms with E-state index in [0.717, 1.165) is 49.0 Å². The zero-order valence-corrected chi connectivity index (χ0v) is 14.4. The Hall–Kier alpha value is -1.79. The molecule has 1 aliphatic carbocycles. The van der Waals surface area contributed by atoms with Gasteiger partial charge < -0.3 is 14.2 Å². The van der Waals surface area contributed by atoms with Crippen LogP contribution in [-0.2, 0) is 16.1 Å². The first-order valence-corrected chi connectivity index (χ1v) is 9.37. The van der Waals surface area contributed by atoms with Crippen LogP contribution in [0, 0.1) is 0 Å². The largest absolute Gasteiger partial charge is 0.462 e. The van der Waals surface area contributed by atoms with Gasteiger partial charge in [-0.1, -0.05) is 6.42 Å². The smallest absolute Gasteiger partial charge is 0.414 e. The Morgan fingerprint density at radius 2 is 1.96 bits per heavy atom. The molecule has 0 N–H and O–H groups in total. The highest BCUT2D eigenvalue weighted by molar-refractivity contribution is 5.89. The lowest BCUT2D eigenvalue weighted by molar-refractivity contribution is -0.231. The minimum atomic E-state index is -0.471. The summed E-state index contributed by atoms with van der Waals surface area (Å²) in [6.07, 6.45) is 5.63. The van der Waals surface area contributed by atoms with Gasteiger partial charge in [0.25, 0.3) is 0 Å². The summed E-state index contributed by atoms with van der Waals surface area (Å²) in [7, 11) is 0. The van der Waals surface area contributed by atoms with Crippen LogP contribution in [0.25, 0.3) is 0 Å². The van der Waals surface area contributed by atoms with Crippen molar-refractivity contribution in [2.45, 2.75) is 50.5 Å². The maximum atomic E-state index is 11.7. The Bertz CT molecular complexity index is 680. The molecular formula is C19H24N2O4. The van der Waals surface area contributed by atoms with Crippen LogP contribution in [-0.4, -0.2) is 49.1 Å². The van der Waals surface area contributed by atoms with Gasteiger partial charge in [-0.3, -0.25) is 9.80 Å². The van der Waals surface area contributed by atoms with Crippen LogP contribution in [0.1, 0.15) is 37.7 Å². The van der Waals surface area contributed by atoms with Crippen LogP contribution in [0.3, 0.4) is 0 Å². The van der Waals surface area contributed by atoms with Crippen molar-refractivity contribution < 1.29 is 19.0 Å². The molecular weight excluding hydrogens is 320 g/mol. The van der Waals surface area contributed by atoms with Gasteiger partial charge in [0.05, 0.1) is 13.2 Å². The molecule has 3 aliphatic heterocycles. The van der Waals surface area contributed by atoms with Gasteiger partial charge in [-0.2, -0.15) is 0 Å². The van der Waals surface area contributed by atoms with Crippen molar-refractivity contribution in [3.63, 3.8) is 0 Å². The second kappa shape index (κ2) is 5.88. The third-order valence-corrected chi connectivity index (χ3v) is 6.05. The number of likely N-dealkylation sites (tertiary alicyclic amines) is 1. The highest BCUT2D eigenvalue weighted by Crippen LogP contribution is 2.40. The number of piperidine rings is 1. The molecule has 0 aromatic heterocycles. The van der Waals surface area contributed by atoms with E-state index in [1.54, 1.807) is 4.90 Å². The molecule has 2 saturated heterocycles. The molecule has 1 aromatic carbocycles. The van der Waals surface area contributed by atoms with E-state index < -0.39 is 5.79 Å². The van der Waals surface area contributed by atoms with Crippen LogP contribution in [0.15, 0.2) is 18.2 Å². The summed E-state index contributed by atoms with van der Waals surface area (Å²) in [5.41, 5.74) is 1.86. The molecule has 1 spiro atoms. The van der Waals surface area contributed by atoms with Crippen LogP contribution in [0.2, 0.25) is 0 Å². The number of carbonyl (C=O) groups excluding carboxylic acids is 1. The van der Waals surface area contributed by atoms with E-state index in [-0.39, 0.29) is 6.09 Å². The molecule has 0 bridgehead atoms. The molecule has 3 heterocycles. The number of benzene rings is 1. The summed E-state index contributed by atoms with van der Waals surface area (Å²) < 4.78 is 17.5. The fourth-order valence-electron chi connectivity index (χ4n) is 4.24. The van der Waals surface area contributed by atoms with E-state index in [9.17, 15) is 4.79 Å². The fourth-order valence-corrected chi connectivity index (χ4v) is 4.24. The quantitative estimate of drug-likeness (QED) is 0.826. The third kappa shape index (κ3) is 2.68. The molecule has 1 amide bonds. The first kappa shape index (κ1) is 15.5. The number of rotatable bonds is 2. The Morgan fingerprint density at radius 1 is 1.12 bits per heavy atom. The highest BCUT2D eigenvalue weighted by atomic mass is 16.7. The topological polar surface area (TPSA) is 51.2 Å². The number of cyclic esters (lactones) is 1. The first-order valence-electron chi connectivity index (χ1n) is 9.37. The molecule has 5 rings (SSSR count). The summed E-state index contributed by atoms with van der Waals surface area (Å²) >= 11 is 0. The monoisotopic (exact) mass is 344 g/mol. The molecule has 6 heteroatoms. The SMILES string of the molecule is O=C1OCCN1c1ccc2c(c1)COC1(CCN(C3CCC3)CC1)O2. The second-order valence-corrected chi connectivity index (χ2v) is 7.48. The highest BCUT2D eigenvalue weighted by Gasteiger charge is 2.43. The van der Waals surface area contributed by atoms with Gasteiger partial charge in [0, 0.05) is 43.2 Å². The predicted octanol–water partition coefficient (Wildman–Crippen LogP) is 2.90.